The Kier molecular flexibility index (Phi) is 2.57. The minimum absolute atomic E-state index is 0.326. The molecule has 1 saturated carbocycles. The lowest BCUT2D eigenvalue weighted by Gasteiger charge is -2.50. The number of fused-ring (bicyclic) bond motifs is 2. The molecule has 0 aliphatic heterocycles. The van der Waals surface area contributed by atoms with Crippen LogP contribution in [0.25, 0.3) is 0 Å². The Bertz CT molecular complexity index is 922. The average Bonchev–Trinajstić information content (AvgIpc) is 3.29. The van der Waals surface area contributed by atoms with E-state index in [-0.39, 0.29) is 0 Å². The predicted molar refractivity (Wildman–Crippen MR) is 93.0 cm³/mol. The van der Waals surface area contributed by atoms with Gasteiger partial charge < -0.3 is 9.47 Å². The van der Waals surface area contributed by atoms with E-state index in [1.54, 1.807) is 14.2 Å². The Balaban J connectivity index is 1.68. The highest BCUT2D eigenvalue weighted by Crippen LogP contribution is 2.68. The van der Waals surface area contributed by atoms with Gasteiger partial charge in [0, 0.05) is 17.4 Å². The number of methoxy groups -OCH3 is 2. The number of benzene rings is 1. The molecular weight excluding hydrogens is 312 g/mol. The molecule has 1 aromatic heterocycles. The summed E-state index contributed by atoms with van der Waals surface area (Å²) in [4.78, 5) is 9.35. The van der Waals surface area contributed by atoms with E-state index in [9.17, 15) is 0 Å². The van der Waals surface area contributed by atoms with Crippen LogP contribution in [-0.4, -0.2) is 24.2 Å². The van der Waals surface area contributed by atoms with Crippen molar-refractivity contribution in [3.63, 3.8) is 0 Å². The summed E-state index contributed by atoms with van der Waals surface area (Å²) in [5, 5.41) is 0. The van der Waals surface area contributed by atoms with Crippen LogP contribution in [0.3, 0.4) is 0 Å². The lowest BCUT2D eigenvalue weighted by molar-refractivity contribution is 0.201. The highest BCUT2D eigenvalue weighted by molar-refractivity contribution is 5.59. The summed E-state index contributed by atoms with van der Waals surface area (Å²) in [5.41, 5.74) is 5.24. The Hall–Kier alpha value is -2.36. The molecule has 0 amide bonds. The molecule has 0 unspecified atom stereocenters. The van der Waals surface area contributed by atoms with E-state index < -0.39 is 0 Å². The van der Waals surface area contributed by atoms with Crippen LogP contribution in [0, 0.1) is 23.7 Å². The van der Waals surface area contributed by atoms with Crippen molar-refractivity contribution in [2.75, 3.05) is 14.2 Å². The molecule has 5 aliphatic rings. The van der Waals surface area contributed by atoms with Gasteiger partial charge in [-0.25, -0.2) is 0 Å². The van der Waals surface area contributed by atoms with Gasteiger partial charge in [-0.1, -0.05) is 36.4 Å². The summed E-state index contributed by atoms with van der Waals surface area (Å²) >= 11 is 0. The van der Waals surface area contributed by atoms with E-state index in [2.05, 4.69) is 41.4 Å². The Labute approximate surface area is 146 Å². The quantitative estimate of drug-likeness (QED) is 0.789. The maximum Gasteiger partial charge on any atom is 0.319 e. The van der Waals surface area contributed by atoms with Crippen LogP contribution < -0.4 is 9.47 Å². The summed E-state index contributed by atoms with van der Waals surface area (Å²) in [6.45, 7) is 0. The van der Waals surface area contributed by atoms with Gasteiger partial charge in [-0.15, -0.1) is 0 Å². The summed E-state index contributed by atoms with van der Waals surface area (Å²) in [6.07, 6.45) is 6.19. The van der Waals surface area contributed by atoms with Crippen molar-refractivity contribution >= 4 is 0 Å². The molecule has 1 fully saturated rings. The van der Waals surface area contributed by atoms with Gasteiger partial charge in [0.15, 0.2) is 0 Å². The first-order valence-corrected chi connectivity index (χ1v) is 9.08. The largest absolute Gasteiger partial charge is 0.481 e. The van der Waals surface area contributed by atoms with Crippen LogP contribution in [0.2, 0.25) is 0 Å². The van der Waals surface area contributed by atoms with Crippen molar-refractivity contribution in [3.05, 3.63) is 58.8 Å². The van der Waals surface area contributed by atoms with Gasteiger partial charge >= 0.3 is 6.01 Å². The molecule has 5 aliphatic carbocycles. The zero-order valence-electron chi connectivity index (χ0n) is 14.3. The van der Waals surface area contributed by atoms with Gasteiger partial charge in [0.1, 0.15) is 0 Å². The lowest BCUT2D eigenvalue weighted by Crippen LogP contribution is -2.42. The fraction of sp³-hybridized carbons (Fsp3) is 0.429. The summed E-state index contributed by atoms with van der Waals surface area (Å²) in [5.74, 6) is 4.00. The molecule has 4 bridgehead atoms. The number of nitrogens with zero attached hydrogens (tertiary/aromatic N) is 2. The molecule has 0 N–H and O–H groups in total. The van der Waals surface area contributed by atoms with E-state index in [0.717, 1.165) is 5.69 Å². The minimum atomic E-state index is 0.326. The van der Waals surface area contributed by atoms with Crippen LogP contribution in [0.1, 0.15) is 40.6 Å². The minimum Gasteiger partial charge on any atom is -0.481 e. The number of ether oxygens (including phenoxy) is 2. The molecule has 6 atom stereocenters. The molecule has 2 aromatic rings. The maximum absolute atomic E-state index is 5.70. The number of hydrogen-bond donors (Lipinski definition) is 0. The molecule has 0 saturated heterocycles. The van der Waals surface area contributed by atoms with Crippen LogP contribution in [-0.2, 0) is 0 Å². The molecule has 25 heavy (non-hydrogen) atoms. The van der Waals surface area contributed by atoms with Crippen LogP contribution in [0.4, 0.5) is 0 Å². The molecular formula is C21H20N2O2. The molecule has 126 valence electrons. The van der Waals surface area contributed by atoms with Gasteiger partial charge in [0.25, 0.3) is 0 Å². The van der Waals surface area contributed by atoms with Crippen molar-refractivity contribution in [1.82, 2.24) is 9.97 Å². The first kappa shape index (κ1) is 13.9. The van der Waals surface area contributed by atoms with Crippen LogP contribution >= 0.6 is 0 Å². The Morgan fingerprint density at radius 2 is 1.56 bits per heavy atom. The zero-order chi connectivity index (χ0) is 16.7. The van der Waals surface area contributed by atoms with Gasteiger partial charge in [-0.05, 0) is 41.2 Å². The fourth-order valence-corrected chi connectivity index (χ4v) is 6.23. The first-order valence-electron chi connectivity index (χ1n) is 9.08. The van der Waals surface area contributed by atoms with Gasteiger partial charge in [-0.3, -0.25) is 0 Å². The first-order chi connectivity index (χ1) is 12.3. The van der Waals surface area contributed by atoms with Crippen molar-refractivity contribution < 1.29 is 9.47 Å². The van der Waals surface area contributed by atoms with Gasteiger partial charge in [-0.2, -0.15) is 9.97 Å². The van der Waals surface area contributed by atoms with E-state index in [4.69, 9.17) is 14.5 Å². The molecule has 0 radical (unpaired) electrons. The second-order valence-corrected chi connectivity index (χ2v) is 7.71. The number of allylic oxidation sites excluding steroid dienone is 2. The van der Waals surface area contributed by atoms with Crippen LogP contribution in [0.5, 0.6) is 11.9 Å². The third kappa shape index (κ3) is 1.54. The SMILES string of the molecule is COc1nc(OC)c2c(n1)[C@H]1c3ccccc3[C@@H]2[C@@H]2[C@H]1[C@H]1C=C[C@@H]2C1. The Morgan fingerprint density at radius 1 is 0.880 bits per heavy atom. The molecule has 7 rings (SSSR count). The maximum atomic E-state index is 5.70. The van der Waals surface area contributed by atoms with Crippen molar-refractivity contribution in [3.8, 4) is 11.9 Å². The van der Waals surface area contributed by atoms with Crippen molar-refractivity contribution in [1.29, 1.82) is 0 Å². The van der Waals surface area contributed by atoms with Crippen LogP contribution in [0.15, 0.2) is 36.4 Å². The number of hydrogen-bond acceptors (Lipinski definition) is 4. The smallest absolute Gasteiger partial charge is 0.319 e. The van der Waals surface area contributed by atoms with E-state index >= 15 is 0 Å². The fourth-order valence-electron chi connectivity index (χ4n) is 6.23. The lowest BCUT2D eigenvalue weighted by atomic mass is 9.53. The molecule has 0 spiro atoms. The summed E-state index contributed by atoms with van der Waals surface area (Å²) < 4.78 is 11.1. The molecule has 1 heterocycles. The molecule has 4 heteroatoms. The monoisotopic (exact) mass is 332 g/mol. The van der Waals surface area contributed by atoms with Crippen molar-refractivity contribution in [2.24, 2.45) is 23.7 Å². The number of rotatable bonds is 2. The summed E-state index contributed by atoms with van der Waals surface area (Å²) in [6, 6.07) is 9.33. The normalized spacial score (nSPS) is 35.3. The topological polar surface area (TPSA) is 44.2 Å². The standard InChI is InChI=1S/C21H20N2O2/c1-24-20-18-16-12-5-3-4-6-13(12)17(19(18)22-21(23-20)25-2)15-11-8-7-10(9-11)14(15)16/h3-8,10-11,14-17H,9H2,1-2H3/t10-,11+,14+,15-,16-,17+/m1/s1. The highest BCUT2D eigenvalue weighted by Gasteiger charge is 2.60. The summed E-state index contributed by atoms with van der Waals surface area (Å²) in [7, 11) is 3.33. The van der Waals surface area contributed by atoms with Gasteiger partial charge in [0.05, 0.1) is 19.9 Å². The van der Waals surface area contributed by atoms with E-state index in [1.807, 2.05) is 0 Å². The second kappa shape index (κ2) is 4.63. The number of aromatic nitrogens is 2. The third-order valence-corrected chi connectivity index (χ3v) is 6.92. The predicted octanol–water partition coefficient (Wildman–Crippen LogP) is 3.52. The average molecular weight is 332 g/mol. The highest BCUT2D eigenvalue weighted by atomic mass is 16.5. The third-order valence-electron chi connectivity index (χ3n) is 6.92. The van der Waals surface area contributed by atoms with E-state index in [0.29, 0.717) is 47.4 Å². The van der Waals surface area contributed by atoms with Crippen molar-refractivity contribution in [2.45, 2.75) is 18.3 Å². The van der Waals surface area contributed by atoms with E-state index in [1.165, 1.54) is 23.1 Å². The molecule has 4 nitrogen and oxygen atoms in total. The molecule has 1 aromatic carbocycles. The second-order valence-electron chi connectivity index (χ2n) is 7.71. The zero-order valence-corrected chi connectivity index (χ0v) is 14.3. The Morgan fingerprint density at radius 3 is 2.24 bits per heavy atom. The van der Waals surface area contributed by atoms with Gasteiger partial charge in [0.2, 0.25) is 5.88 Å².